The summed E-state index contributed by atoms with van der Waals surface area (Å²) in [6.07, 6.45) is 0. The summed E-state index contributed by atoms with van der Waals surface area (Å²) < 4.78 is 0. The Hall–Kier alpha value is -0.910. The van der Waals surface area contributed by atoms with Crippen molar-refractivity contribution in [3.8, 4) is 0 Å². The first-order valence-corrected chi connectivity index (χ1v) is 5.40. The van der Waals surface area contributed by atoms with Gasteiger partial charge in [0, 0.05) is 11.8 Å². The van der Waals surface area contributed by atoms with Crippen LogP contribution in [0.3, 0.4) is 0 Å². The predicted molar refractivity (Wildman–Crippen MR) is 56.9 cm³/mol. The van der Waals surface area contributed by atoms with E-state index in [1.165, 1.54) is 0 Å². The van der Waals surface area contributed by atoms with E-state index >= 15 is 0 Å². The Balaban J connectivity index is 2.31. The van der Waals surface area contributed by atoms with Crippen LogP contribution in [0.2, 0.25) is 0 Å². The summed E-state index contributed by atoms with van der Waals surface area (Å²) in [5.74, 6) is 3.09. The first-order valence-electron chi connectivity index (χ1n) is 4.24. The molecule has 1 aromatic rings. The summed E-state index contributed by atoms with van der Waals surface area (Å²) in [4.78, 5) is 3.95. The molecule has 6 heteroatoms. The highest BCUT2D eigenvalue weighted by Crippen LogP contribution is 2.06. The quantitative estimate of drug-likeness (QED) is 0.660. The van der Waals surface area contributed by atoms with Gasteiger partial charge in [-0.15, -0.1) is 5.10 Å². The molecule has 0 amide bonds. The molecule has 1 unspecified atom stereocenters. The van der Waals surface area contributed by atoms with Crippen molar-refractivity contribution in [3.63, 3.8) is 0 Å². The number of aromatic nitrogens is 3. The lowest BCUT2D eigenvalue weighted by atomic mass is 10.4. The van der Waals surface area contributed by atoms with Crippen LogP contribution in [0, 0.1) is 0 Å². The third-order valence-corrected chi connectivity index (χ3v) is 2.59. The van der Waals surface area contributed by atoms with Crippen LogP contribution >= 0.6 is 11.8 Å². The van der Waals surface area contributed by atoms with Gasteiger partial charge in [0.15, 0.2) is 0 Å². The van der Waals surface area contributed by atoms with Crippen LogP contribution in [0.15, 0.2) is 0 Å². The van der Waals surface area contributed by atoms with Gasteiger partial charge in [-0.2, -0.15) is 16.7 Å². The van der Waals surface area contributed by atoms with Gasteiger partial charge in [-0.05, 0) is 12.7 Å². The third-order valence-electron chi connectivity index (χ3n) is 1.45. The van der Waals surface area contributed by atoms with Crippen LogP contribution in [0.1, 0.15) is 13.8 Å². The van der Waals surface area contributed by atoms with E-state index in [1.54, 1.807) is 0 Å². The van der Waals surface area contributed by atoms with Gasteiger partial charge in [-0.3, -0.25) is 0 Å². The maximum absolute atomic E-state index is 5.38. The molecule has 1 aromatic heterocycles. The topological polar surface area (TPSA) is 79.6 Å². The van der Waals surface area contributed by atoms with Crippen molar-refractivity contribution in [2.75, 3.05) is 22.6 Å². The molecule has 74 valence electrons. The zero-order chi connectivity index (χ0) is 9.68. The molecule has 1 atom stereocenters. The number of H-pyrrole nitrogens is 1. The fourth-order valence-electron chi connectivity index (χ4n) is 0.896. The molecule has 0 radical (unpaired) electrons. The van der Waals surface area contributed by atoms with E-state index in [9.17, 15) is 0 Å². The van der Waals surface area contributed by atoms with Gasteiger partial charge in [0.2, 0.25) is 11.9 Å². The Bertz CT molecular complexity index is 249. The lowest BCUT2D eigenvalue weighted by molar-refractivity contribution is 0.888. The van der Waals surface area contributed by atoms with Gasteiger partial charge in [0.1, 0.15) is 0 Å². The van der Waals surface area contributed by atoms with E-state index in [0.29, 0.717) is 17.9 Å². The largest absolute Gasteiger partial charge is 0.368 e. The van der Waals surface area contributed by atoms with E-state index in [-0.39, 0.29) is 0 Å². The zero-order valence-electron chi connectivity index (χ0n) is 7.87. The average Bonchev–Trinajstić information content (AvgIpc) is 2.48. The van der Waals surface area contributed by atoms with Gasteiger partial charge in [0.25, 0.3) is 0 Å². The van der Waals surface area contributed by atoms with Crippen LogP contribution in [0.5, 0.6) is 0 Å². The second kappa shape index (κ2) is 4.96. The Labute approximate surface area is 81.9 Å². The second-order valence-corrected chi connectivity index (χ2v) is 4.07. The first kappa shape index (κ1) is 10.2. The lowest BCUT2D eigenvalue weighted by Crippen LogP contribution is -2.18. The lowest BCUT2D eigenvalue weighted by Gasteiger charge is -2.10. The molecular formula is C7H15N5S. The highest BCUT2D eigenvalue weighted by atomic mass is 32.2. The Morgan fingerprint density at radius 1 is 1.69 bits per heavy atom. The number of nitrogens with one attached hydrogen (secondary N) is 2. The number of aromatic amines is 1. The number of nitrogens with two attached hydrogens (primary N) is 1. The van der Waals surface area contributed by atoms with Crippen LogP contribution < -0.4 is 11.1 Å². The summed E-state index contributed by atoms with van der Waals surface area (Å²) in [5.41, 5.74) is 5.38. The molecule has 1 rings (SSSR count). The molecule has 0 spiro atoms. The van der Waals surface area contributed by atoms with Crippen molar-refractivity contribution in [1.82, 2.24) is 15.2 Å². The fraction of sp³-hybridized carbons (Fsp3) is 0.714. The van der Waals surface area contributed by atoms with Gasteiger partial charge < -0.3 is 11.1 Å². The van der Waals surface area contributed by atoms with Gasteiger partial charge in [-0.1, -0.05) is 6.92 Å². The van der Waals surface area contributed by atoms with E-state index in [2.05, 4.69) is 34.3 Å². The molecule has 0 bridgehead atoms. The fourth-order valence-corrected chi connectivity index (χ4v) is 1.57. The van der Waals surface area contributed by atoms with E-state index in [4.69, 9.17) is 5.73 Å². The summed E-state index contributed by atoms with van der Waals surface area (Å²) >= 11 is 1.88. The number of thioether (sulfide) groups is 1. The van der Waals surface area contributed by atoms with Crippen molar-refractivity contribution in [3.05, 3.63) is 0 Å². The van der Waals surface area contributed by atoms with Gasteiger partial charge >= 0.3 is 0 Å². The number of hydrogen-bond acceptors (Lipinski definition) is 5. The standard InChI is InChI=1S/C7H15N5S/c1-3-13-4-5(2)9-7-10-6(8)11-12-7/h5H,3-4H2,1-2H3,(H4,8,9,10,11,12). The van der Waals surface area contributed by atoms with Gasteiger partial charge in [-0.25, -0.2) is 5.10 Å². The summed E-state index contributed by atoms with van der Waals surface area (Å²) in [7, 11) is 0. The normalized spacial score (nSPS) is 12.8. The average molecular weight is 201 g/mol. The first-order chi connectivity index (χ1) is 6.22. The number of hydrogen-bond donors (Lipinski definition) is 3. The molecule has 0 aliphatic heterocycles. The van der Waals surface area contributed by atoms with E-state index in [1.807, 2.05) is 11.8 Å². The molecule has 5 nitrogen and oxygen atoms in total. The molecule has 0 aromatic carbocycles. The van der Waals surface area contributed by atoms with Crippen molar-refractivity contribution >= 4 is 23.7 Å². The molecule has 0 fully saturated rings. The van der Waals surface area contributed by atoms with E-state index in [0.717, 1.165) is 11.5 Å². The number of nitrogens with zero attached hydrogens (tertiary/aromatic N) is 2. The molecule has 1 heterocycles. The van der Waals surface area contributed by atoms with Crippen molar-refractivity contribution in [2.45, 2.75) is 19.9 Å². The number of rotatable bonds is 5. The van der Waals surface area contributed by atoms with Gasteiger partial charge in [0.05, 0.1) is 0 Å². The van der Waals surface area contributed by atoms with E-state index < -0.39 is 0 Å². The summed E-state index contributed by atoms with van der Waals surface area (Å²) in [6.45, 7) is 4.23. The molecule has 0 aliphatic carbocycles. The van der Waals surface area contributed by atoms with Crippen molar-refractivity contribution in [2.24, 2.45) is 0 Å². The second-order valence-electron chi connectivity index (χ2n) is 2.75. The number of nitrogen functional groups attached to an aromatic ring is 1. The maximum atomic E-state index is 5.38. The van der Waals surface area contributed by atoms with Crippen molar-refractivity contribution < 1.29 is 0 Å². The minimum atomic E-state index is 0.345. The third kappa shape index (κ3) is 3.54. The predicted octanol–water partition coefficient (Wildman–Crippen LogP) is 0.940. The SMILES string of the molecule is CCSCC(C)Nc1n[nH]c(N)n1. The smallest absolute Gasteiger partial charge is 0.243 e. The van der Waals surface area contributed by atoms with Crippen LogP contribution in [0.25, 0.3) is 0 Å². The molecule has 13 heavy (non-hydrogen) atoms. The van der Waals surface area contributed by atoms with Crippen LogP contribution in [0.4, 0.5) is 11.9 Å². The molecular weight excluding hydrogens is 186 g/mol. The Kier molecular flexibility index (Phi) is 3.88. The van der Waals surface area contributed by atoms with Crippen LogP contribution in [-0.4, -0.2) is 32.7 Å². The maximum Gasteiger partial charge on any atom is 0.243 e. The van der Waals surface area contributed by atoms with Crippen LogP contribution in [-0.2, 0) is 0 Å². The minimum Gasteiger partial charge on any atom is -0.368 e. The Morgan fingerprint density at radius 3 is 3.00 bits per heavy atom. The monoisotopic (exact) mass is 201 g/mol. The zero-order valence-corrected chi connectivity index (χ0v) is 8.69. The molecule has 0 aliphatic rings. The highest BCUT2D eigenvalue weighted by molar-refractivity contribution is 7.99. The number of anilines is 2. The summed E-state index contributed by atoms with van der Waals surface area (Å²) in [5, 5.41) is 9.60. The highest BCUT2D eigenvalue weighted by Gasteiger charge is 2.04. The molecule has 0 saturated heterocycles. The Morgan fingerprint density at radius 2 is 2.46 bits per heavy atom. The summed E-state index contributed by atoms with van der Waals surface area (Å²) in [6, 6.07) is 0.361. The molecule has 0 saturated carbocycles. The minimum absolute atomic E-state index is 0.345. The van der Waals surface area contributed by atoms with Crippen molar-refractivity contribution in [1.29, 1.82) is 0 Å². The molecule has 4 N–H and O–H groups in total.